The number of amides is 1. The number of rotatable bonds is 5. The Morgan fingerprint density at radius 3 is 2.66 bits per heavy atom. The van der Waals surface area contributed by atoms with Crippen molar-refractivity contribution in [3.63, 3.8) is 0 Å². The van der Waals surface area contributed by atoms with Crippen LogP contribution < -0.4 is 9.62 Å². The summed E-state index contributed by atoms with van der Waals surface area (Å²) in [6.07, 6.45) is 2.23. The quantitative estimate of drug-likeness (QED) is 0.718. The van der Waals surface area contributed by atoms with Crippen LogP contribution in [0, 0.1) is 11.3 Å². The minimum Gasteiger partial charge on any atom is -0.321 e. The van der Waals surface area contributed by atoms with Crippen molar-refractivity contribution in [2.24, 2.45) is 0 Å². The number of hydrogen-bond acceptors (Lipinski definition) is 4. The molecule has 0 bridgehead atoms. The SMILES string of the molecule is CCCc1ccc(C#N)c(NC(=O)c2cc(N3CCCS3(=O)=O)cc(Cl)c2Cl)c1. The monoisotopic (exact) mass is 451 g/mol. The zero-order valence-corrected chi connectivity index (χ0v) is 18.0. The number of carbonyl (C=O) groups is 1. The fourth-order valence-corrected chi connectivity index (χ4v) is 5.20. The number of sulfonamides is 1. The summed E-state index contributed by atoms with van der Waals surface area (Å²) < 4.78 is 25.7. The summed E-state index contributed by atoms with van der Waals surface area (Å²) in [6, 6.07) is 10.2. The first-order valence-corrected chi connectivity index (χ1v) is 11.5. The maximum atomic E-state index is 12.9. The fraction of sp³-hybridized carbons (Fsp3) is 0.300. The molecule has 3 rings (SSSR count). The molecular weight excluding hydrogens is 433 g/mol. The van der Waals surface area contributed by atoms with Gasteiger partial charge in [-0.3, -0.25) is 9.10 Å². The van der Waals surface area contributed by atoms with E-state index in [2.05, 4.69) is 11.4 Å². The number of carbonyl (C=O) groups excluding carboxylic acids is 1. The van der Waals surface area contributed by atoms with Gasteiger partial charge in [0, 0.05) is 6.54 Å². The molecule has 2 aromatic carbocycles. The Labute approximate surface area is 180 Å². The summed E-state index contributed by atoms with van der Waals surface area (Å²) in [4.78, 5) is 12.9. The van der Waals surface area contributed by atoms with Crippen molar-refractivity contribution in [3.8, 4) is 6.07 Å². The van der Waals surface area contributed by atoms with E-state index in [1.807, 2.05) is 13.0 Å². The molecule has 1 aliphatic rings. The maximum absolute atomic E-state index is 12.9. The van der Waals surface area contributed by atoms with Gasteiger partial charge in [-0.25, -0.2) is 8.42 Å². The van der Waals surface area contributed by atoms with Crippen molar-refractivity contribution in [1.29, 1.82) is 5.26 Å². The van der Waals surface area contributed by atoms with Crippen molar-refractivity contribution >= 4 is 50.5 Å². The zero-order chi connectivity index (χ0) is 21.2. The van der Waals surface area contributed by atoms with E-state index in [4.69, 9.17) is 23.2 Å². The largest absolute Gasteiger partial charge is 0.321 e. The van der Waals surface area contributed by atoms with Gasteiger partial charge in [0.15, 0.2) is 0 Å². The number of nitrogens with one attached hydrogen (secondary N) is 1. The topological polar surface area (TPSA) is 90.3 Å². The highest BCUT2D eigenvalue weighted by Crippen LogP contribution is 2.34. The van der Waals surface area contributed by atoms with Crippen molar-refractivity contribution in [2.45, 2.75) is 26.2 Å². The van der Waals surface area contributed by atoms with E-state index >= 15 is 0 Å². The van der Waals surface area contributed by atoms with E-state index in [1.165, 1.54) is 16.4 Å². The standard InChI is InChI=1S/C20H19Cl2N3O3S/c1-2-4-13-5-6-14(12-23)18(9-13)24-20(26)16-10-15(11-17(21)19(16)22)25-7-3-8-29(25,27)28/h5-6,9-11H,2-4,7-8H2,1H3,(H,24,26). The van der Waals surface area contributed by atoms with Crippen molar-refractivity contribution in [2.75, 3.05) is 21.9 Å². The molecule has 0 unspecified atom stereocenters. The number of halogens is 2. The van der Waals surface area contributed by atoms with Gasteiger partial charge in [-0.2, -0.15) is 5.26 Å². The first-order chi connectivity index (χ1) is 13.8. The summed E-state index contributed by atoms with van der Waals surface area (Å²) in [6.45, 7) is 2.36. The van der Waals surface area contributed by atoms with E-state index in [0.29, 0.717) is 29.9 Å². The van der Waals surface area contributed by atoms with Crippen LogP contribution in [0.15, 0.2) is 30.3 Å². The van der Waals surface area contributed by atoms with Crippen LogP contribution >= 0.6 is 23.2 Å². The summed E-state index contributed by atoms with van der Waals surface area (Å²) in [5.41, 5.74) is 2.01. The molecule has 0 spiro atoms. The number of benzene rings is 2. The second-order valence-electron chi connectivity index (χ2n) is 6.73. The Morgan fingerprint density at radius 1 is 1.28 bits per heavy atom. The molecule has 1 amide bonds. The molecule has 1 saturated heterocycles. The molecule has 0 aliphatic carbocycles. The van der Waals surface area contributed by atoms with Crippen molar-refractivity contribution in [1.82, 2.24) is 0 Å². The van der Waals surface area contributed by atoms with Gasteiger partial charge >= 0.3 is 0 Å². The number of nitriles is 1. The normalized spacial score (nSPS) is 15.2. The lowest BCUT2D eigenvalue weighted by atomic mass is 10.1. The second-order valence-corrected chi connectivity index (χ2v) is 9.52. The highest BCUT2D eigenvalue weighted by atomic mass is 35.5. The lowest BCUT2D eigenvalue weighted by molar-refractivity contribution is 0.102. The Bertz CT molecular complexity index is 1110. The molecule has 0 aromatic heterocycles. The van der Waals surface area contributed by atoms with Crippen molar-refractivity contribution in [3.05, 3.63) is 57.1 Å². The molecule has 1 heterocycles. The highest BCUT2D eigenvalue weighted by molar-refractivity contribution is 7.93. The molecule has 0 atom stereocenters. The number of anilines is 2. The van der Waals surface area contributed by atoms with E-state index in [-0.39, 0.29) is 21.4 Å². The van der Waals surface area contributed by atoms with Crippen LogP contribution in [0.1, 0.15) is 41.3 Å². The number of nitrogens with zero attached hydrogens (tertiary/aromatic N) is 2. The van der Waals surface area contributed by atoms with E-state index in [9.17, 15) is 18.5 Å². The lowest BCUT2D eigenvalue weighted by Crippen LogP contribution is -2.25. The van der Waals surface area contributed by atoms with Gasteiger partial charge in [0.2, 0.25) is 10.0 Å². The van der Waals surface area contributed by atoms with E-state index in [0.717, 1.165) is 18.4 Å². The number of hydrogen-bond donors (Lipinski definition) is 1. The average Bonchev–Trinajstić information content (AvgIpc) is 3.03. The minimum atomic E-state index is -3.44. The Kier molecular flexibility index (Phi) is 6.37. The molecule has 0 radical (unpaired) electrons. The third kappa shape index (κ3) is 4.50. The van der Waals surface area contributed by atoms with Gasteiger partial charge < -0.3 is 5.32 Å². The Hall–Kier alpha value is -2.27. The van der Waals surface area contributed by atoms with Crippen LogP contribution in [0.4, 0.5) is 11.4 Å². The van der Waals surface area contributed by atoms with E-state index in [1.54, 1.807) is 12.1 Å². The molecule has 1 N–H and O–H groups in total. The molecule has 9 heteroatoms. The highest BCUT2D eigenvalue weighted by Gasteiger charge is 2.30. The molecule has 0 saturated carbocycles. The van der Waals surface area contributed by atoms with Gasteiger partial charge in [0.1, 0.15) is 6.07 Å². The minimum absolute atomic E-state index is 0.0210. The summed E-state index contributed by atoms with van der Waals surface area (Å²) >= 11 is 12.4. The van der Waals surface area contributed by atoms with Crippen LogP contribution in [0.25, 0.3) is 0 Å². The number of aryl methyl sites for hydroxylation is 1. The van der Waals surface area contributed by atoms with Gasteiger partial charge in [-0.15, -0.1) is 0 Å². The van der Waals surface area contributed by atoms with E-state index < -0.39 is 15.9 Å². The van der Waals surface area contributed by atoms with Crippen LogP contribution in [-0.4, -0.2) is 26.6 Å². The third-order valence-electron chi connectivity index (χ3n) is 4.64. The first-order valence-electron chi connectivity index (χ1n) is 9.10. The van der Waals surface area contributed by atoms with Gasteiger partial charge in [-0.05, 0) is 42.7 Å². The third-order valence-corrected chi connectivity index (χ3v) is 7.31. The smallest absolute Gasteiger partial charge is 0.257 e. The van der Waals surface area contributed by atoms with Crippen LogP contribution in [0.5, 0.6) is 0 Å². The van der Waals surface area contributed by atoms with Crippen molar-refractivity contribution < 1.29 is 13.2 Å². The predicted molar refractivity (Wildman–Crippen MR) is 115 cm³/mol. The summed E-state index contributed by atoms with van der Waals surface area (Å²) in [5, 5.41) is 12.2. The first kappa shape index (κ1) is 21.4. The Morgan fingerprint density at radius 2 is 2.03 bits per heavy atom. The van der Waals surface area contributed by atoms with Gasteiger partial charge in [0.25, 0.3) is 5.91 Å². The predicted octanol–water partition coefficient (Wildman–Crippen LogP) is 4.61. The molecule has 6 nitrogen and oxygen atoms in total. The van der Waals surface area contributed by atoms with Crippen LogP contribution in [-0.2, 0) is 16.4 Å². The summed E-state index contributed by atoms with van der Waals surface area (Å²) in [7, 11) is -3.44. The maximum Gasteiger partial charge on any atom is 0.257 e. The van der Waals surface area contributed by atoms with Gasteiger partial charge in [0.05, 0.1) is 38.3 Å². The lowest BCUT2D eigenvalue weighted by Gasteiger charge is -2.19. The van der Waals surface area contributed by atoms with Crippen LogP contribution in [0.3, 0.4) is 0 Å². The average molecular weight is 452 g/mol. The molecular formula is C20H19Cl2N3O3S. The molecule has 1 fully saturated rings. The second kappa shape index (κ2) is 8.62. The van der Waals surface area contributed by atoms with Crippen LogP contribution in [0.2, 0.25) is 10.0 Å². The summed E-state index contributed by atoms with van der Waals surface area (Å²) in [5.74, 6) is -0.523. The fourth-order valence-electron chi connectivity index (χ4n) is 3.24. The molecule has 152 valence electrons. The molecule has 29 heavy (non-hydrogen) atoms. The molecule has 1 aliphatic heterocycles. The molecule has 2 aromatic rings. The Balaban J connectivity index is 1.98. The zero-order valence-electron chi connectivity index (χ0n) is 15.7. The van der Waals surface area contributed by atoms with Gasteiger partial charge in [-0.1, -0.05) is 42.6 Å².